The predicted molar refractivity (Wildman–Crippen MR) is 94.6 cm³/mol. The van der Waals surface area contributed by atoms with Gasteiger partial charge >= 0.3 is 6.03 Å². The van der Waals surface area contributed by atoms with Gasteiger partial charge in [-0.3, -0.25) is 0 Å². The smallest absolute Gasteiger partial charge is 0.319 e. The summed E-state index contributed by atoms with van der Waals surface area (Å²) in [5.74, 6) is 0. The summed E-state index contributed by atoms with van der Waals surface area (Å²) in [7, 11) is 0. The van der Waals surface area contributed by atoms with Crippen molar-refractivity contribution >= 4 is 22.6 Å². The normalized spacial score (nSPS) is 12.1. The van der Waals surface area contributed by atoms with Gasteiger partial charge in [0.05, 0.1) is 17.2 Å². The Kier molecular flexibility index (Phi) is 4.33. The van der Waals surface area contributed by atoms with Crippen molar-refractivity contribution in [3.05, 3.63) is 66.4 Å². The Morgan fingerprint density at radius 2 is 1.78 bits per heavy atom. The van der Waals surface area contributed by atoms with E-state index in [0.29, 0.717) is 0 Å². The molecule has 4 heteroatoms. The minimum atomic E-state index is -0.194. The molecule has 3 rings (SSSR count). The van der Waals surface area contributed by atoms with Crippen molar-refractivity contribution in [2.75, 3.05) is 5.32 Å². The van der Waals surface area contributed by atoms with Gasteiger partial charge in [0.1, 0.15) is 0 Å². The molecule has 0 aliphatic rings. The van der Waals surface area contributed by atoms with Crippen LogP contribution in [0.1, 0.15) is 25.5 Å². The number of amides is 2. The van der Waals surface area contributed by atoms with E-state index in [4.69, 9.17) is 0 Å². The molecule has 0 saturated carbocycles. The van der Waals surface area contributed by atoms with Gasteiger partial charge in [-0.2, -0.15) is 0 Å². The zero-order chi connectivity index (χ0) is 16.2. The second kappa shape index (κ2) is 6.57. The third kappa shape index (κ3) is 3.21. The Bertz CT molecular complexity index is 808. The molecular weight excluding hydrogens is 286 g/mol. The van der Waals surface area contributed by atoms with Crippen LogP contribution in [0, 0.1) is 0 Å². The van der Waals surface area contributed by atoms with Crippen LogP contribution < -0.4 is 10.6 Å². The number of para-hydroxylation sites is 1. The molecule has 0 unspecified atom stereocenters. The number of carbonyl (C=O) groups is 1. The average Bonchev–Trinajstić information content (AvgIpc) is 2.93. The lowest BCUT2D eigenvalue weighted by Crippen LogP contribution is -2.31. The summed E-state index contributed by atoms with van der Waals surface area (Å²) in [5.41, 5.74) is 3.04. The summed E-state index contributed by atoms with van der Waals surface area (Å²) < 4.78 is 2.13. The van der Waals surface area contributed by atoms with E-state index in [2.05, 4.69) is 28.2 Å². The maximum absolute atomic E-state index is 12.3. The number of urea groups is 1. The molecule has 3 aromatic rings. The number of aromatic nitrogens is 1. The maximum atomic E-state index is 12.3. The maximum Gasteiger partial charge on any atom is 0.319 e. The minimum Gasteiger partial charge on any atom is -0.346 e. The van der Waals surface area contributed by atoms with Gasteiger partial charge in [0.25, 0.3) is 0 Å². The number of anilines is 1. The van der Waals surface area contributed by atoms with Crippen LogP contribution >= 0.6 is 0 Å². The van der Waals surface area contributed by atoms with E-state index < -0.39 is 0 Å². The SMILES string of the molecule is CCn1cc(NC(=O)N[C@@H](C)c2ccccc2)c2ccccc21. The fourth-order valence-corrected chi connectivity index (χ4v) is 2.79. The second-order valence-corrected chi connectivity index (χ2v) is 5.58. The fourth-order valence-electron chi connectivity index (χ4n) is 2.79. The summed E-state index contributed by atoms with van der Waals surface area (Å²) in [5, 5.41) is 7.00. The van der Waals surface area contributed by atoms with E-state index in [1.54, 1.807) is 0 Å². The number of benzene rings is 2. The molecule has 0 aliphatic heterocycles. The van der Waals surface area contributed by atoms with Crippen LogP contribution in [0.25, 0.3) is 10.9 Å². The number of fused-ring (bicyclic) bond motifs is 1. The quantitative estimate of drug-likeness (QED) is 0.730. The van der Waals surface area contributed by atoms with Crippen molar-refractivity contribution < 1.29 is 4.79 Å². The lowest BCUT2D eigenvalue weighted by Gasteiger charge is -2.14. The molecule has 0 spiro atoms. The first kappa shape index (κ1) is 15.2. The third-order valence-electron chi connectivity index (χ3n) is 4.02. The molecule has 0 radical (unpaired) electrons. The van der Waals surface area contributed by atoms with Gasteiger partial charge < -0.3 is 15.2 Å². The van der Waals surface area contributed by atoms with Crippen LogP contribution in [-0.4, -0.2) is 10.6 Å². The van der Waals surface area contributed by atoms with Crippen molar-refractivity contribution in [1.82, 2.24) is 9.88 Å². The fraction of sp³-hybridized carbons (Fsp3) is 0.211. The highest BCUT2D eigenvalue weighted by Crippen LogP contribution is 2.25. The number of rotatable bonds is 4. The van der Waals surface area contributed by atoms with Gasteiger partial charge in [-0.05, 0) is 25.5 Å². The average molecular weight is 307 g/mol. The van der Waals surface area contributed by atoms with Crippen LogP contribution in [0.3, 0.4) is 0 Å². The lowest BCUT2D eigenvalue weighted by atomic mass is 10.1. The van der Waals surface area contributed by atoms with Gasteiger partial charge in [-0.15, -0.1) is 0 Å². The molecular formula is C19H21N3O. The van der Waals surface area contributed by atoms with Crippen molar-refractivity contribution in [2.24, 2.45) is 0 Å². The summed E-state index contributed by atoms with van der Waals surface area (Å²) in [4.78, 5) is 12.3. The Morgan fingerprint density at radius 1 is 1.09 bits per heavy atom. The van der Waals surface area contributed by atoms with Crippen molar-refractivity contribution in [3.63, 3.8) is 0 Å². The van der Waals surface area contributed by atoms with Crippen LogP contribution in [0.4, 0.5) is 10.5 Å². The third-order valence-corrected chi connectivity index (χ3v) is 4.02. The molecule has 1 heterocycles. The highest BCUT2D eigenvalue weighted by Gasteiger charge is 2.12. The molecule has 23 heavy (non-hydrogen) atoms. The molecule has 0 aliphatic carbocycles. The van der Waals surface area contributed by atoms with E-state index in [0.717, 1.165) is 28.7 Å². The van der Waals surface area contributed by atoms with E-state index >= 15 is 0 Å². The minimum absolute atomic E-state index is 0.0456. The Labute approximate surface area is 136 Å². The standard InChI is InChI=1S/C19H21N3O/c1-3-22-13-17(16-11-7-8-12-18(16)22)21-19(23)20-14(2)15-9-5-4-6-10-15/h4-14H,3H2,1-2H3,(H2,20,21,23)/t14-/m0/s1. The van der Waals surface area contributed by atoms with E-state index in [1.807, 2.05) is 61.7 Å². The van der Waals surface area contributed by atoms with Crippen molar-refractivity contribution in [3.8, 4) is 0 Å². The van der Waals surface area contributed by atoms with Gasteiger partial charge in [0, 0.05) is 18.1 Å². The van der Waals surface area contributed by atoms with E-state index in [9.17, 15) is 4.79 Å². The van der Waals surface area contributed by atoms with Crippen molar-refractivity contribution in [2.45, 2.75) is 26.4 Å². The first-order chi connectivity index (χ1) is 11.2. The number of aryl methyl sites for hydroxylation is 1. The number of hydrogen-bond donors (Lipinski definition) is 2. The van der Waals surface area contributed by atoms with Crippen molar-refractivity contribution in [1.29, 1.82) is 0 Å². The van der Waals surface area contributed by atoms with Crippen LogP contribution in [0.5, 0.6) is 0 Å². The van der Waals surface area contributed by atoms with Gasteiger partial charge in [0.2, 0.25) is 0 Å². The molecule has 0 saturated heterocycles. The summed E-state index contributed by atoms with van der Waals surface area (Å²) >= 11 is 0. The number of hydrogen-bond acceptors (Lipinski definition) is 1. The Hall–Kier alpha value is -2.75. The van der Waals surface area contributed by atoms with E-state index in [-0.39, 0.29) is 12.1 Å². The zero-order valence-corrected chi connectivity index (χ0v) is 13.4. The van der Waals surface area contributed by atoms with Gasteiger partial charge in [-0.25, -0.2) is 4.79 Å². The molecule has 1 atom stereocenters. The molecule has 2 amide bonds. The molecule has 2 aromatic carbocycles. The lowest BCUT2D eigenvalue weighted by molar-refractivity contribution is 0.249. The number of nitrogens with one attached hydrogen (secondary N) is 2. The van der Waals surface area contributed by atoms with Crippen LogP contribution in [-0.2, 0) is 6.54 Å². The summed E-state index contributed by atoms with van der Waals surface area (Å²) in [6, 6.07) is 17.8. The highest BCUT2D eigenvalue weighted by molar-refractivity contribution is 6.01. The molecule has 2 N–H and O–H groups in total. The second-order valence-electron chi connectivity index (χ2n) is 5.58. The first-order valence-corrected chi connectivity index (χ1v) is 7.89. The van der Waals surface area contributed by atoms with Crippen LogP contribution in [0.15, 0.2) is 60.8 Å². The predicted octanol–water partition coefficient (Wildman–Crippen LogP) is 4.54. The Balaban J connectivity index is 1.76. The molecule has 0 bridgehead atoms. The highest BCUT2D eigenvalue weighted by atomic mass is 16.2. The molecule has 1 aromatic heterocycles. The largest absolute Gasteiger partial charge is 0.346 e. The zero-order valence-electron chi connectivity index (χ0n) is 13.4. The summed E-state index contributed by atoms with van der Waals surface area (Å²) in [6.45, 7) is 4.93. The van der Waals surface area contributed by atoms with Gasteiger partial charge in [-0.1, -0.05) is 48.5 Å². The summed E-state index contributed by atoms with van der Waals surface area (Å²) in [6.07, 6.45) is 1.98. The van der Waals surface area contributed by atoms with Crippen LogP contribution in [0.2, 0.25) is 0 Å². The number of carbonyl (C=O) groups excluding carboxylic acids is 1. The number of nitrogens with zero attached hydrogens (tertiary/aromatic N) is 1. The molecule has 118 valence electrons. The Morgan fingerprint density at radius 3 is 2.52 bits per heavy atom. The first-order valence-electron chi connectivity index (χ1n) is 7.89. The van der Waals surface area contributed by atoms with E-state index in [1.165, 1.54) is 0 Å². The monoisotopic (exact) mass is 307 g/mol. The van der Waals surface area contributed by atoms with Gasteiger partial charge in [0.15, 0.2) is 0 Å². The molecule has 4 nitrogen and oxygen atoms in total. The molecule has 0 fully saturated rings. The topological polar surface area (TPSA) is 46.1 Å².